The van der Waals surface area contributed by atoms with Crippen molar-refractivity contribution in [3.05, 3.63) is 99.0 Å². The van der Waals surface area contributed by atoms with Gasteiger partial charge in [-0.2, -0.15) is 0 Å². The van der Waals surface area contributed by atoms with Crippen LogP contribution in [0, 0.1) is 18.8 Å². The number of halogens is 1. The summed E-state index contributed by atoms with van der Waals surface area (Å²) in [6.45, 7) is 2.85. The van der Waals surface area contributed by atoms with Crippen LogP contribution in [-0.4, -0.2) is 41.2 Å². The lowest BCUT2D eigenvalue weighted by Crippen LogP contribution is -2.45. The van der Waals surface area contributed by atoms with Crippen LogP contribution in [0.2, 0.25) is 0 Å². The quantitative estimate of drug-likeness (QED) is 0.358. The van der Waals surface area contributed by atoms with E-state index in [2.05, 4.69) is 21.2 Å². The van der Waals surface area contributed by atoms with Crippen molar-refractivity contribution in [1.29, 1.82) is 0 Å². The molecule has 8 heteroatoms. The molecule has 3 aromatic carbocycles. The number of carbonyl (C=O) groups excluding carboxylic acids is 4. The number of nitrogens with one attached hydrogen (secondary N) is 1. The van der Waals surface area contributed by atoms with E-state index in [1.54, 1.807) is 12.1 Å². The standard InChI is InChI=1S/C30H25BrN2O5/c1-15-13-17(11-12-22(15)31)32-23(34)14-38-30(37)16(2)33-28(35)26-24-18-7-3-4-8-19(18)25(27(26)29(33)36)21-10-6-5-9-20(21)24/h3-13,16,24-27H,14H2,1-2H3,(H,32,34)/t16-,24?,25?,26+,27+/m0/s1. The molecule has 2 bridgehead atoms. The third kappa shape index (κ3) is 3.69. The van der Waals surface area contributed by atoms with Crippen LogP contribution in [0.5, 0.6) is 0 Å². The zero-order valence-corrected chi connectivity index (χ0v) is 22.4. The summed E-state index contributed by atoms with van der Waals surface area (Å²) in [6, 6.07) is 20.1. The van der Waals surface area contributed by atoms with E-state index in [1.807, 2.05) is 61.5 Å². The predicted octanol–water partition coefficient (Wildman–Crippen LogP) is 4.52. The number of benzene rings is 3. The Morgan fingerprint density at radius 3 is 1.87 bits per heavy atom. The molecule has 3 aromatic rings. The molecule has 7 rings (SSSR count). The number of aryl methyl sites for hydroxylation is 1. The number of likely N-dealkylation sites (tertiary alicyclic amines) is 1. The highest BCUT2D eigenvalue weighted by atomic mass is 79.9. The molecular weight excluding hydrogens is 548 g/mol. The third-order valence-electron chi connectivity index (χ3n) is 8.00. The van der Waals surface area contributed by atoms with Crippen molar-refractivity contribution in [3.8, 4) is 0 Å². The second kappa shape index (κ2) is 9.20. The highest BCUT2D eigenvalue weighted by Crippen LogP contribution is 2.61. The Bertz CT molecular complexity index is 1400. The van der Waals surface area contributed by atoms with E-state index in [4.69, 9.17) is 4.74 Å². The Hall–Kier alpha value is -3.78. The molecule has 38 heavy (non-hydrogen) atoms. The molecule has 4 aliphatic rings. The minimum atomic E-state index is -1.14. The lowest BCUT2D eigenvalue weighted by molar-refractivity contribution is -0.159. The molecule has 0 saturated carbocycles. The van der Waals surface area contributed by atoms with Crippen molar-refractivity contribution in [2.45, 2.75) is 31.7 Å². The number of nitrogens with zero attached hydrogens (tertiary/aromatic N) is 1. The molecule has 3 atom stereocenters. The Morgan fingerprint density at radius 1 is 0.895 bits per heavy atom. The molecule has 0 radical (unpaired) electrons. The highest BCUT2D eigenvalue weighted by molar-refractivity contribution is 9.10. The Labute approximate surface area is 228 Å². The lowest BCUT2D eigenvalue weighted by Gasteiger charge is -2.45. The van der Waals surface area contributed by atoms with Crippen molar-refractivity contribution < 1.29 is 23.9 Å². The molecule has 0 aromatic heterocycles. The van der Waals surface area contributed by atoms with Crippen LogP contribution in [0.4, 0.5) is 5.69 Å². The molecular formula is C30H25BrN2O5. The van der Waals surface area contributed by atoms with Crippen LogP contribution in [0.15, 0.2) is 71.2 Å². The van der Waals surface area contributed by atoms with Gasteiger partial charge in [-0.05, 0) is 59.9 Å². The van der Waals surface area contributed by atoms with Crippen LogP contribution in [-0.2, 0) is 23.9 Å². The smallest absolute Gasteiger partial charge is 0.329 e. The van der Waals surface area contributed by atoms with Gasteiger partial charge in [-0.3, -0.25) is 19.3 Å². The maximum Gasteiger partial charge on any atom is 0.329 e. The first-order valence-electron chi connectivity index (χ1n) is 12.5. The van der Waals surface area contributed by atoms with Gasteiger partial charge in [-0.1, -0.05) is 64.5 Å². The van der Waals surface area contributed by atoms with Gasteiger partial charge >= 0.3 is 5.97 Å². The van der Waals surface area contributed by atoms with E-state index in [0.717, 1.165) is 37.2 Å². The summed E-state index contributed by atoms with van der Waals surface area (Å²) >= 11 is 3.41. The summed E-state index contributed by atoms with van der Waals surface area (Å²) in [4.78, 5) is 53.9. The summed E-state index contributed by atoms with van der Waals surface area (Å²) in [7, 11) is 0. The third-order valence-corrected chi connectivity index (χ3v) is 8.89. The van der Waals surface area contributed by atoms with Crippen molar-refractivity contribution in [1.82, 2.24) is 4.90 Å². The zero-order chi connectivity index (χ0) is 26.7. The van der Waals surface area contributed by atoms with Crippen molar-refractivity contribution in [2.24, 2.45) is 11.8 Å². The largest absolute Gasteiger partial charge is 0.454 e. The van der Waals surface area contributed by atoms with Gasteiger partial charge in [-0.25, -0.2) is 4.79 Å². The molecule has 3 amide bonds. The van der Waals surface area contributed by atoms with E-state index in [1.165, 1.54) is 6.92 Å². The molecule has 1 fully saturated rings. The number of esters is 1. The summed E-state index contributed by atoms with van der Waals surface area (Å²) in [5.74, 6) is -3.67. The van der Waals surface area contributed by atoms with Crippen LogP contribution in [0.1, 0.15) is 46.6 Å². The first-order chi connectivity index (χ1) is 18.3. The van der Waals surface area contributed by atoms with Gasteiger partial charge in [0.15, 0.2) is 6.61 Å². The fourth-order valence-corrected chi connectivity index (χ4v) is 6.61. The minimum absolute atomic E-state index is 0.248. The molecule has 192 valence electrons. The van der Waals surface area contributed by atoms with Crippen molar-refractivity contribution in [2.75, 3.05) is 11.9 Å². The minimum Gasteiger partial charge on any atom is -0.454 e. The number of imide groups is 1. The molecule has 1 heterocycles. The van der Waals surface area contributed by atoms with Crippen molar-refractivity contribution >= 4 is 45.3 Å². The van der Waals surface area contributed by atoms with Gasteiger partial charge in [0.05, 0.1) is 11.8 Å². The fraction of sp³-hybridized carbons (Fsp3) is 0.267. The summed E-state index contributed by atoms with van der Waals surface area (Å²) in [5.41, 5.74) is 5.78. The number of hydrogen-bond acceptors (Lipinski definition) is 5. The Kier molecular flexibility index (Phi) is 5.94. The maximum absolute atomic E-state index is 13.8. The fourth-order valence-electron chi connectivity index (χ4n) is 6.36. The molecule has 3 aliphatic carbocycles. The number of hydrogen-bond donors (Lipinski definition) is 1. The average molecular weight is 573 g/mol. The van der Waals surface area contributed by atoms with E-state index in [9.17, 15) is 19.2 Å². The van der Waals surface area contributed by atoms with Crippen LogP contribution in [0.3, 0.4) is 0 Å². The predicted molar refractivity (Wildman–Crippen MR) is 143 cm³/mol. The van der Waals surface area contributed by atoms with Gasteiger partial charge in [0, 0.05) is 22.0 Å². The number of ether oxygens (including phenoxy) is 1. The van der Waals surface area contributed by atoms with Gasteiger partial charge in [-0.15, -0.1) is 0 Å². The van der Waals surface area contributed by atoms with Gasteiger partial charge in [0.1, 0.15) is 6.04 Å². The van der Waals surface area contributed by atoms with E-state index < -0.39 is 36.4 Å². The normalized spacial score (nSPS) is 23.4. The summed E-state index contributed by atoms with van der Waals surface area (Å²) < 4.78 is 6.15. The number of amides is 3. The highest BCUT2D eigenvalue weighted by Gasteiger charge is 2.62. The molecule has 1 aliphatic heterocycles. The van der Waals surface area contributed by atoms with Gasteiger partial charge < -0.3 is 10.1 Å². The molecule has 7 nitrogen and oxygen atoms in total. The first kappa shape index (κ1) is 24.6. The van der Waals surface area contributed by atoms with Crippen LogP contribution >= 0.6 is 15.9 Å². The zero-order valence-electron chi connectivity index (χ0n) is 20.8. The maximum atomic E-state index is 13.8. The summed E-state index contributed by atoms with van der Waals surface area (Å²) in [5, 5.41) is 2.69. The second-order valence-electron chi connectivity index (χ2n) is 10.1. The SMILES string of the molecule is Cc1cc(NC(=O)COC(=O)[C@H](C)N2C(=O)[C@@H]3C4c5ccccc5C(c5ccccc54)[C@H]3C2=O)ccc1Br. The topological polar surface area (TPSA) is 92.8 Å². The van der Waals surface area contributed by atoms with Crippen molar-refractivity contribution in [3.63, 3.8) is 0 Å². The van der Waals surface area contributed by atoms with E-state index in [0.29, 0.717) is 5.69 Å². The van der Waals surface area contributed by atoms with E-state index in [-0.39, 0.29) is 23.7 Å². The van der Waals surface area contributed by atoms with Crippen LogP contribution < -0.4 is 5.32 Å². The lowest BCUT2D eigenvalue weighted by atomic mass is 9.55. The monoisotopic (exact) mass is 572 g/mol. The average Bonchev–Trinajstić information content (AvgIpc) is 3.19. The molecule has 1 saturated heterocycles. The van der Waals surface area contributed by atoms with Gasteiger partial charge in [0.25, 0.3) is 5.91 Å². The molecule has 1 N–H and O–H groups in total. The number of anilines is 1. The summed E-state index contributed by atoms with van der Waals surface area (Å²) in [6.07, 6.45) is 0. The Balaban J connectivity index is 1.20. The molecule has 0 spiro atoms. The van der Waals surface area contributed by atoms with Crippen LogP contribution in [0.25, 0.3) is 0 Å². The van der Waals surface area contributed by atoms with E-state index >= 15 is 0 Å². The first-order valence-corrected chi connectivity index (χ1v) is 13.3. The second-order valence-corrected chi connectivity index (χ2v) is 11.0. The van der Waals surface area contributed by atoms with Gasteiger partial charge in [0.2, 0.25) is 11.8 Å². The number of carbonyl (C=O) groups is 4. The number of rotatable bonds is 5. The molecule has 0 unspecified atom stereocenters. The Morgan fingerprint density at radius 2 is 1.39 bits per heavy atom.